The first-order valence-electron chi connectivity index (χ1n) is 10.3. The van der Waals surface area contributed by atoms with Gasteiger partial charge in [-0.05, 0) is 32.0 Å². The number of carbonyl (C=O) groups excluding carboxylic acids is 1. The summed E-state index contributed by atoms with van der Waals surface area (Å²) in [5, 5.41) is 6.97. The fraction of sp³-hybridized carbons (Fsp3) is 0.429. The van der Waals surface area contributed by atoms with Gasteiger partial charge in [0.15, 0.2) is 0 Å². The van der Waals surface area contributed by atoms with Crippen LogP contribution in [0.5, 0.6) is 0 Å². The molecule has 2 aliphatic heterocycles. The van der Waals surface area contributed by atoms with Crippen LogP contribution in [0.15, 0.2) is 28.8 Å². The van der Waals surface area contributed by atoms with E-state index >= 15 is 0 Å². The van der Waals surface area contributed by atoms with Crippen molar-refractivity contribution in [3.63, 3.8) is 0 Å². The van der Waals surface area contributed by atoms with Crippen molar-refractivity contribution >= 4 is 51.9 Å². The lowest BCUT2D eigenvalue weighted by Crippen LogP contribution is -2.48. The normalized spacial score (nSPS) is 18.7. The maximum Gasteiger partial charge on any atom is 0.414 e. The standard InChI is InChI=1S/C21H24FN5O3S2/c1-13-9-18(24-30-13)20(32)26-7-5-25(6-8-26)19-4-3-15(10-17(19)22)27-12-16(29-21(27)28)11-23-14(2)31/h3-4,9-10,16H,5-8,11-12H2,1-2H3,(H,23,31)/t16-/m0/s1. The summed E-state index contributed by atoms with van der Waals surface area (Å²) in [6.07, 6.45) is -0.829. The zero-order valence-electron chi connectivity index (χ0n) is 17.8. The Morgan fingerprint density at radius 2 is 2.00 bits per heavy atom. The Kier molecular flexibility index (Phi) is 6.56. The van der Waals surface area contributed by atoms with Gasteiger partial charge in [0.05, 0.1) is 29.5 Å². The van der Waals surface area contributed by atoms with Gasteiger partial charge in [-0.25, -0.2) is 9.18 Å². The summed E-state index contributed by atoms with van der Waals surface area (Å²) < 4.78 is 25.4. The molecule has 3 heterocycles. The number of carbonyl (C=O) groups is 1. The summed E-state index contributed by atoms with van der Waals surface area (Å²) in [6, 6.07) is 6.65. The fourth-order valence-corrected chi connectivity index (χ4v) is 4.16. The number of anilines is 2. The van der Waals surface area contributed by atoms with Crippen LogP contribution in [0.3, 0.4) is 0 Å². The van der Waals surface area contributed by atoms with Gasteiger partial charge in [-0.1, -0.05) is 29.6 Å². The van der Waals surface area contributed by atoms with E-state index in [9.17, 15) is 9.18 Å². The minimum Gasteiger partial charge on any atom is -0.442 e. The molecule has 0 aliphatic carbocycles. The summed E-state index contributed by atoms with van der Waals surface area (Å²) in [4.78, 5) is 19.0. The van der Waals surface area contributed by atoms with Gasteiger partial charge in [0.1, 0.15) is 28.4 Å². The Morgan fingerprint density at radius 1 is 1.25 bits per heavy atom. The van der Waals surface area contributed by atoms with Gasteiger partial charge in [-0.2, -0.15) is 0 Å². The van der Waals surface area contributed by atoms with Crippen molar-refractivity contribution in [1.29, 1.82) is 0 Å². The number of cyclic esters (lactones) is 1. The van der Waals surface area contributed by atoms with E-state index < -0.39 is 6.09 Å². The zero-order chi connectivity index (χ0) is 22.8. The third kappa shape index (κ3) is 4.83. The number of hydrogen-bond donors (Lipinski definition) is 1. The van der Waals surface area contributed by atoms with E-state index in [0.717, 1.165) is 0 Å². The van der Waals surface area contributed by atoms with Crippen molar-refractivity contribution in [3.05, 3.63) is 41.5 Å². The van der Waals surface area contributed by atoms with Crippen LogP contribution in [0, 0.1) is 12.7 Å². The van der Waals surface area contributed by atoms with Crippen molar-refractivity contribution < 1.29 is 18.4 Å². The summed E-state index contributed by atoms with van der Waals surface area (Å²) in [6.45, 7) is 6.89. The van der Waals surface area contributed by atoms with Crippen molar-refractivity contribution in [2.75, 3.05) is 49.1 Å². The highest BCUT2D eigenvalue weighted by Crippen LogP contribution is 2.28. The second kappa shape index (κ2) is 9.37. The van der Waals surface area contributed by atoms with Crippen molar-refractivity contribution in [2.45, 2.75) is 20.0 Å². The van der Waals surface area contributed by atoms with E-state index in [0.29, 0.717) is 72.1 Å². The average molecular weight is 478 g/mol. The maximum absolute atomic E-state index is 15.0. The number of ether oxygens (including phenoxy) is 1. The van der Waals surface area contributed by atoms with Crippen LogP contribution in [-0.2, 0) is 4.74 Å². The number of halogens is 1. The number of rotatable bonds is 5. The molecule has 1 amide bonds. The SMILES string of the molecule is CC(=S)NC[C@H]1CN(c2ccc(N3CCN(C(=S)c4cc(C)on4)CC3)c(F)c2)C(=O)O1. The van der Waals surface area contributed by atoms with Gasteiger partial charge in [-0.3, -0.25) is 4.90 Å². The number of benzene rings is 1. The molecule has 32 heavy (non-hydrogen) atoms. The highest BCUT2D eigenvalue weighted by atomic mass is 32.1. The average Bonchev–Trinajstić information content (AvgIpc) is 3.37. The molecule has 0 unspecified atom stereocenters. The summed E-state index contributed by atoms with van der Waals surface area (Å²) in [5.41, 5.74) is 1.62. The molecular weight excluding hydrogens is 453 g/mol. The molecule has 1 aromatic carbocycles. The van der Waals surface area contributed by atoms with Crippen LogP contribution >= 0.6 is 24.4 Å². The number of hydrogen-bond acceptors (Lipinski definition) is 7. The Labute approximate surface area is 196 Å². The highest BCUT2D eigenvalue weighted by molar-refractivity contribution is 7.80. The molecule has 8 nitrogen and oxygen atoms in total. The fourth-order valence-electron chi connectivity index (χ4n) is 3.80. The van der Waals surface area contributed by atoms with Gasteiger partial charge >= 0.3 is 6.09 Å². The number of aryl methyl sites for hydroxylation is 1. The molecule has 2 aromatic rings. The molecular formula is C21H24FN5O3S2. The molecule has 170 valence electrons. The van der Waals surface area contributed by atoms with Crippen molar-refractivity contribution in [2.24, 2.45) is 0 Å². The molecule has 0 saturated carbocycles. The summed E-state index contributed by atoms with van der Waals surface area (Å²) in [5.74, 6) is 0.330. The predicted molar refractivity (Wildman–Crippen MR) is 127 cm³/mol. The van der Waals surface area contributed by atoms with Gasteiger partial charge in [-0.15, -0.1) is 0 Å². The molecule has 4 rings (SSSR count). The van der Waals surface area contributed by atoms with Crippen LogP contribution in [0.4, 0.5) is 20.6 Å². The van der Waals surface area contributed by atoms with Crippen LogP contribution in [0.2, 0.25) is 0 Å². The number of amides is 1. The quantitative estimate of drug-likeness (QED) is 0.655. The number of thiocarbonyl (C=S) groups is 2. The minimum atomic E-state index is -0.490. The van der Waals surface area contributed by atoms with Crippen molar-refractivity contribution in [3.8, 4) is 0 Å². The van der Waals surface area contributed by atoms with Crippen LogP contribution < -0.4 is 15.1 Å². The third-order valence-corrected chi connectivity index (χ3v) is 6.06. The smallest absolute Gasteiger partial charge is 0.414 e. The Hall–Kier alpha value is -2.79. The summed E-state index contributed by atoms with van der Waals surface area (Å²) >= 11 is 10.5. The van der Waals surface area contributed by atoms with E-state index in [1.165, 1.54) is 11.0 Å². The van der Waals surface area contributed by atoms with E-state index in [-0.39, 0.29) is 11.9 Å². The molecule has 2 aliphatic rings. The number of piperazine rings is 1. The molecule has 1 N–H and O–H groups in total. The van der Waals surface area contributed by atoms with Crippen LogP contribution in [0.1, 0.15) is 18.4 Å². The minimum absolute atomic E-state index is 0.338. The Balaban J connectivity index is 1.37. The summed E-state index contributed by atoms with van der Waals surface area (Å²) in [7, 11) is 0. The lowest BCUT2D eigenvalue weighted by atomic mass is 10.2. The Morgan fingerprint density at radius 3 is 2.62 bits per heavy atom. The third-order valence-electron chi connectivity index (χ3n) is 5.45. The molecule has 11 heteroatoms. The molecule has 0 radical (unpaired) electrons. The molecule has 1 atom stereocenters. The van der Waals surface area contributed by atoms with Crippen LogP contribution in [-0.4, -0.2) is 71.5 Å². The largest absolute Gasteiger partial charge is 0.442 e. The van der Waals surface area contributed by atoms with E-state index in [2.05, 4.69) is 10.5 Å². The van der Waals surface area contributed by atoms with E-state index in [1.54, 1.807) is 19.1 Å². The maximum atomic E-state index is 15.0. The molecule has 2 fully saturated rings. The molecule has 0 bridgehead atoms. The number of nitrogens with zero attached hydrogens (tertiary/aromatic N) is 4. The first-order chi connectivity index (χ1) is 15.3. The van der Waals surface area contributed by atoms with Crippen LogP contribution in [0.25, 0.3) is 0 Å². The topological polar surface area (TPSA) is 74.1 Å². The van der Waals surface area contributed by atoms with Crippen molar-refractivity contribution in [1.82, 2.24) is 15.4 Å². The highest BCUT2D eigenvalue weighted by Gasteiger charge is 2.33. The van der Waals surface area contributed by atoms with Gasteiger partial charge < -0.3 is 24.4 Å². The number of aromatic nitrogens is 1. The predicted octanol–water partition coefficient (Wildman–Crippen LogP) is 2.88. The van der Waals surface area contributed by atoms with Gasteiger partial charge in [0.25, 0.3) is 0 Å². The monoisotopic (exact) mass is 477 g/mol. The Bertz CT molecular complexity index is 1040. The van der Waals surface area contributed by atoms with Gasteiger partial charge in [0.2, 0.25) is 0 Å². The van der Waals surface area contributed by atoms with Gasteiger partial charge in [0, 0.05) is 32.2 Å². The second-order valence-corrected chi connectivity index (χ2v) is 8.79. The van der Waals surface area contributed by atoms with E-state index in [1.807, 2.05) is 22.8 Å². The van der Waals surface area contributed by atoms with E-state index in [4.69, 9.17) is 33.7 Å². The lowest BCUT2D eigenvalue weighted by molar-refractivity contribution is 0.143. The first kappa shape index (κ1) is 22.4. The second-order valence-electron chi connectivity index (χ2n) is 7.79. The zero-order valence-corrected chi connectivity index (χ0v) is 19.5. The first-order valence-corrected chi connectivity index (χ1v) is 11.1. The number of nitrogens with one attached hydrogen (secondary N) is 1. The molecule has 0 spiro atoms. The lowest BCUT2D eigenvalue weighted by Gasteiger charge is -2.37. The molecule has 2 saturated heterocycles. The molecule has 1 aromatic heterocycles.